The Kier molecular flexibility index (Phi) is 4.14. The second-order valence-corrected chi connectivity index (χ2v) is 6.57. The average Bonchev–Trinajstić information content (AvgIpc) is 2.85. The van der Waals surface area contributed by atoms with Crippen molar-refractivity contribution < 1.29 is 17.7 Å². The molecule has 0 aliphatic rings. The van der Waals surface area contributed by atoms with Gasteiger partial charge in [-0.25, -0.2) is 8.42 Å². The van der Waals surface area contributed by atoms with Gasteiger partial charge in [0, 0.05) is 12.1 Å². The van der Waals surface area contributed by atoms with Crippen LogP contribution in [0, 0.1) is 15.9 Å². The van der Waals surface area contributed by atoms with Gasteiger partial charge in [0.15, 0.2) is 0 Å². The summed E-state index contributed by atoms with van der Waals surface area (Å²) in [6.45, 7) is 1.84. The third-order valence-corrected chi connectivity index (χ3v) is 4.87. The maximum Gasteiger partial charge on any atom is 0.304 e. The van der Waals surface area contributed by atoms with Crippen molar-refractivity contribution in [1.29, 1.82) is 0 Å². The van der Waals surface area contributed by atoms with Crippen molar-refractivity contribution in [2.45, 2.75) is 18.2 Å². The Labute approximate surface area is 122 Å². The van der Waals surface area contributed by atoms with Crippen LogP contribution < -0.4 is 4.72 Å². The van der Waals surface area contributed by atoms with E-state index >= 15 is 0 Å². The number of aryl methyl sites for hydroxylation is 1. The Morgan fingerprint density at radius 2 is 2.14 bits per heavy atom. The van der Waals surface area contributed by atoms with Crippen molar-refractivity contribution in [3.8, 4) is 0 Å². The monoisotopic (exact) mass is 332 g/mol. The normalized spacial score (nSPS) is 11.3. The predicted molar refractivity (Wildman–Crippen MR) is 73.1 cm³/mol. The number of anilines is 1. The van der Waals surface area contributed by atoms with Crippen molar-refractivity contribution in [3.63, 3.8) is 0 Å². The number of nitrogens with one attached hydrogen (secondary N) is 1. The molecule has 0 radical (unpaired) electrons. The molecular formula is C10H9FN4O4S2. The lowest BCUT2D eigenvalue weighted by Gasteiger charge is -2.04. The van der Waals surface area contributed by atoms with E-state index in [1.807, 2.05) is 6.92 Å². The summed E-state index contributed by atoms with van der Waals surface area (Å²) in [4.78, 5) is 9.13. The van der Waals surface area contributed by atoms with E-state index in [0.29, 0.717) is 17.5 Å². The SMILES string of the molecule is CCc1nnc(NS(=O)(=O)c2ccc([N+](=O)[O-])c(F)c2)s1. The zero-order valence-corrected chi connectivity index (χ0v) is 12.2. The van der Waals surface area contributed by atoms with Gasteiger partial charge in [0.05, 0.1) is 9.82 Å². The Hall–Kier alpha value is -2.14. The third kappa shape index (κ3) is 3.31. The van der Waals surface area contributed by atoms with E-state index in [4.69, 9.17) is 0 Å². The number of sulfonamides is 1. The molecule has 2 aromatic rings. The Morgan fingerprint density at radius 3 is 2.67 bits per heavy atom. The minimum absolute atomic E-state index is 0.0469. The van der Waals surface area contributed by atoms with Crippen molar-refractivity contribution in [2.75, 3.05) is 4.72 Å². The highest BCUT2D eigenvalue weighted by Gasteiger charge is 2.21. The van der Waals surface area contributed by atoms with Crippen LogP contribution in [-0.2, 0) is 16.4 Å². The van der Waals surface area contributed by atoms with Gasteiger partial charge in [-0.05, 0) is 12.5 Å². The van der Waals surface area contributed by atoms with Gasteiger partial charge in [-0.1, -0.05) is 18.3 Å². The van der Waals surface area contributed by atoms with E-state index in [1.165, 1.54) is 0 Å². The smallest absolute Gasteiger partial charge is 0.258 e. The molecule has 0 unspecified atom stereocenters. The van der Waals surface area contributed by atoms with Crippen LogP contribution in [0.1, 0.15) is 11.9 Å². The zero-order chi connectivity index (χ0) is 15.6. The van der Waals surface area contributed by atoms with Gasteiger partial charge in [0.1, 0.15) is 5.01 Å². The van der Waals surface area contributed by atoms with Crippen molar-refractivity contribution in [3.05, 3.63) is 39.1 Å². The summed E-state index contributed by atoms with van der Waals surface area (Å²) >= 11 is 1.05. The fourth-order valence-corrected chi connectivity index (χ4v) is 3.34. The minimum atomic E-state index is -4.08. The highest BCUT2D eigenvalue weighted by Crippen LogP contribution is 2.24. The molecule has 1 aromatic carbocycles. The van der Waals surface area contributed by atoms with Gasteiger partial charge in [0.2, 0.25) is 10.9 Å². The number of nitrogens with zero attached hydrogens (tertiary/aromatic N) is 3. The number of nitro benzene ring substituents is 1. The zero-order valence-electron chi connectivity index (χ0n) is 10.6. The maximum absolute atomic E-state index is 13.5. The molecule has 21 heavy (non-hydrogen) atoms. The fraction of sp³-hybridized carbons (Fsp3) is 0.200. The van der Waals surface area contributed by atoms with Crippen LogP contribution in [0.2, 0.25) is 0 Å². The van der Waals surface area contributed by atoms with E-state index in [2.05, 4.69) is 14.9 Å². The van der Waals surface area contributed by atoms with Crippen LogP contribution in [0.15, 0.2) is 23.1 Å². The lowest BCUT2D eigenvalue weighted by Crippen LogP contribution is -2.13. The first-order chi connectivity index (χ1) is 9.83. The van der Waals surface area contributed by atoms with Gasteiger partial charge in [-0.3, -0.25) is 14.8 Å². The van der Waals surface area contributed by atoms with Gasteiger partial charge >= 0.3 is 5.69 Å². The molecule has 0 fully saturated rings. The van der Waals surface area contributed by atoms with Crippen LogP contribution >= 0.6 is 11.3 Å². The summed E-state index contributed by atoms with van der Waals surface area (Å²) in [6.07, 6.45) is 0.603. The Balaban J connectivity index is 2.31. The average molecular weight is 332 g/mol. The first kappa shape index (κ1) is 15.3. The molecule has 8 nitrogen and oxygen atoms in total. The quantitative estimate of drug-likeness (QED) is 0.661. The molecule has 0 aliphatic heterocycles. The molecule has 1 N–H and O–H groups in total. The van der Waals surface area contributed by atoms with Gasteiger partial charge < -0.3 is 0 Å². The maximum atomic E-state index is 13.5. The van der Waals surface area contributed by atoms with Crippen LogP contribution in [-0.4, -0.2) is 23.5 Å². The Morgan fingerprint density at radius 1 is 1.43 bits per heavy atom. The van der Waals surface area contributed by atoms with E-state index in [9.17, 15) is 22.9 Å². The van der Waals surface area contributed by atoms with Crippen LogP contribution in [0.3, 0.4) is 0 Å². The number of hydrogen-bond donors (Lipinski definition) is 1. The molecule has 112 valence electrons. The number of hydrogen-bond acceptors (Lipinski definition) is 7. The lowest BCUT2D eigenvalue weighted by atomic mass is 10.3. The first-order valence-corrected chi connectivity index (χ1v) is 7.92. The minimum Gasteiger partial charge on any atom is -0.258 e. The van der Waals surface area contributed by atoms with E-state index in [0.717, 1.165) is 23.5 Å². The molecule has 1 aromatic heterocycles. The molecule has 0 saturated heterocycles. The van der Waals surface area contributed by atoms with E-state index < -0.39 is 31.3 Å². The van der Waals surface area contributed by atoms with Crippen molar-refractivity contribution in [2.24, 2.45) is 0 Å². The Bertz CT molecular complexity index is 790. The first-order valence-electron chi connectivity index (χ1n) is 5.62. The molecular weight excluding hydrogens is 323 g/mol. The highest BCUT2D eigenvalue weighted by atomic mass is 32.2. The van der Waals surface area contributed by atoms with Crippen LogP contribution in [0.4, 0.5) is 15.2 Å². The number of aromatic nitrogens is 2. The van der Waals surface area contributed by atoms with Gasteiger partial charge in [-0.15, -0.1) is 10.2 Å². The summed E-state index contributed by atoms with van der Waals surface area (Å²) in [5, 5.41) is 18.6. The molecule has 0 spiro atoms. The molecule has 1 heterocycles. The second-order valence-electron chi connectivity index (χ2n) is 3.83. The predicted octanol–water partition coefficient (Wildman–Crippen LogP) is 1.95. The van der Waals surface area contributed by atoms with Crippen LogP contribution in [0.25, 0.3) is 0 Å². The summed E-state index contributed by atoms with van der Waals surface area (Å²) < 4.78 is 39.7. The third-order valence-electron chi connectivity index (χ3n) is 2.42. The number of nitro groups is 1. The molecule has 0 amide bonds. The second kappa shape index (κ2) is 5.69. The molecule has 2 rings (SSSR count). The summed E-state index contributed by atoms with van der Waals surface area (Å²) in [5.41, 5.74) is -0.793. The van der Waals surface area contributed by atoms with Crippen molar-refractivity contribution >= 4 is 32.2 Å². The lowest BCUT2D eigenvalue weighted by molar-refractivity contribution is -0.387. The highest BCUT2D eigenvalue weighted by molar-refractivity contribution is 7.93. The van der Waals surface area contributed by atoms with Crippen LogP contribution in [0.5, 0.6) is 0 Å². The summed E-state index contributed by atoms with van der Waals surface area (Å²) in [5.74, 6) is -1.23. The summed E-state index contributed by atoms with van der Waals surface area (Å²) in [7, 11) is -4.08. The molecule has 0 aliphatic carbocycles. The summed E-state index contributed by atoms with van der Waals surface area (Å²) in [6, 6.07) is 2.33. The molecule has 0 atom stereocenters. The standard InChI is InChI=1S/C10H9FN4O4S2/c1-2-9-12-13-10(20-9)14-21(18,19)6-3-4-8(15(16)17)7(11)5-6/h3-5H,2H2,1H3,(H,13,14). The largest absolute Gasteiger partial charge is 0.304 e. The molecule has 11 heteroatoms. The topological polar surface area (TPSA) is 115 Å². The van der Waals surface area contributed by atoms with E-state index in [1.54, 1.807) is 0 Å². The van der Waals surface area contributed by atoms with Gasteiger partial charge in [-0.2, -0.15) is 4.39 Å². The van der Waals surface area contributed by atoms with Gasteiger partial charge in [0.25, 0.3) is 10.0 Å². The number of halogens is 1. The number of benzene rings is 1. The number of rotatable bonds is 5. The van der Waals surface area contributed by atoms with Crippen molar-refractivity contribution in [1.82, 2.24) is 10.2 Å². The fourth-order valence-electron chi connectivity index (χ4n) is 1.41. The van der Waals surface area contributed by atoms with E-state index in [-0.39, 0.29) is 5.13 Å². The molecule has 0 bridgehead atoms. The molecule has 0 saturated carbocycles.